The topological polar surface area (TPSA) is 55.9 Å². The van der Waals surface area contributed by atoms with E-state index in [1.54, 1.807) is 15.9 Å². The smallest absolute Gasteiger partial charge is 0.353 e. The number of benzene rings is 1. The van der Waals surface area contributed by atoms with Crippen LogP contribution in [0.5, 0.6) is 0 Å². The highest BCUT2D eigenvalue weighted by molar-refractivity contribution is 5.88. The van der Waals surface area contributed by atoms with E-state index in [0.717, 1.165) is 19.2 Å². The van der Waals surface area contributed by atoms with Gasteiger partial charge in [0.05, 0.1) is 18.0 Å². The zero-order valence-corrected chi connectivity index (χ0v) is 15.8. The second kappa shape index (κ2) is 8.48. The average Bonchev–Trinajstić information content (AvgIpc) is 2.64. The number of likely N-dealkylation sites (N-methyl/N-ethyl adjacent to an activating group) is 1. The third-order valence-electron chi connectivity index (χ3n) is 5.36. The molecule has 0 bridgehead atoms. The summed E-state index contributed by atoms with van der Waals surface area (Å²) in [5.74, 6) is -0.442. The van der Waals surface area contributed by atoms with Gasteiger partial charge in [-0.2, -0.15) is 13.2 Å². The van der Waals surface area contributed by atoms with Crippen molar-refractivity contribution in [3.63, 3.8) is 0 Å². The zero-order chi connectivity index (χ0) is 20.3. The van der Waals surface area contributed by atoms with Gasteiger partial charge in [0.25, 0.3) is 0 Å². The molecule has 2 saturated heterocycles. The van der Waals surface area contributed by atoms with Gasteiger partial charge in [-0.1, -0.05) is 18.2 Å². The van der Waals surface area contributed by atoms with Gasteiger partial charge in [-0.15, -0.1) is 0 Å². The van der Waals surface area contributed by atoms with Crippen LogP contribution in [-0.2, 0) is 22.3 Å². The SMILES string of the molecule is CN1CCN(C(=O)C[C@@H]2C(=O)NCCN2Cc2ccccc2C(F)(F)F)CC1. The number of carbonyl (C=O) groups is 2. The quantitative estimate of drug-likeness (QED) is 0.828. The molecule has 28 heavy (non-hydrogen) atoms. The third-order valence-corrected chi connectivity index (χ3v) is 5.36. The first kappa shape index (κ1) is 20.6. The van der Waals surface area contributed by atoms with Crippen LogP contribution in [0.1, 0.15) is 17.5 Å². The molecule has 0 spiro atoms. The van der Waals surface area contributed by atoms with Gasteiger partial charge in [-0.25, -0.2) is 0 Å². The first-order valence-corrected chi connectivity index (χ1v) is 9.39. The van der Waals surface area contributed by atoms with Gasteiger partial charge in [-0.3, -0.25) is 14.5 Å². The summed E-state index contributed by atoms with van der Waals surface area (Å²) in [6.45, 7) is 3.46. The lowest BCUT2D eigenvalue weighted by Gasteiger charge is -2.37. The molecule has 0 unspecified atom stereocenters. The number of amides is 2. The van der Waals surface area contributed by atoms with Crippen molar-refractivity contribution in [2.45, 2.75) is 25.2 Å². The van der Waals surface area contributed by atoms with Crippen molar-refractivity contribution in [1.29, 1.82) is 0 Å². The largest absolute Gasteiger partial charge is 0.416 e. The van der Waals surface area contributed by atoms with Gasteiger partial charge in [-0.05, 0) is 18.7 Å². The Bertz CT molecular complexity index is 717. The first-order valence-electron chi connectivity index (χ1n) is 9.39. The number of halogens is 3. The lowest BCUT2D eigenvalue weighted by molar-refractivity contribution is -0.141. The van der Waals surface area contributed by atoms with Crippen molar-refractivity contribution in [3.05, 3.63) is 35.4 Å². The van der Waals surface area contributed by atoms with Crippen LogP contribution in [0, 0.1) is 0 Å². The average molecular weight is 398 g/mol. The summed E-state index contributed by atoms with van der Waals surface area (Å²) in [6, 6.07) is 4.61. The van der Waals surface area contributed by atoms with Gasteiger partial charge in [0.15, 0.2) is 0 Å². The number of hydrogen-bond acceptors (Lipinski definition) is 4. The Morgan fingerprint density at radius 2 is 1.82 bits per heavy atom. The summed E-state index contributed by atoms with van der Waals surface area (Å²) in [7, 11) is 1.98. The Kier molecular flexibility index (Phi) is 6.24. The summed E-state index contributed by atoms with van der Waals surface area (Å²) >= 11 is 0. The number of nitrogens with zero attached hydrogens (tertiary/aromatic N) is 3. The minimum Gasteiger partial charge on any atom is -0.353 e. The highest BCUT2D eigenvalue weighted by Crippen LogP contribution is 2.32. The highest BCUT2D eigenvalue weighted by atomic mass is 19.4. The van der Waals surface area contributed by atoms with Crippen molar-refractivity contribution in [2.75, 3.05) is 46.3 Å². The lowest BCUT2D eigenvalue weighted by Crippen LogP contribution is -2.57. The summed E-state index contributed by atoms with van der Waals surface area (Å²) in [5, 5.41) is 2.73. The lowest BCUT2D eigenvalue weighted by atomic mass is 10.0. The fraction of sp³-hybridized carbons (Fsp3) is 0.579. The second-order valence-electron chi connectivity index (χ2n) is 7.32. The first-order chi connectivity index (χ1) is 13.3. The van der Waals surface area contributed by atoms with Crippen molar-refractivity contribution < 1.29 is 22.8 Å². The standard InChI is InChI=1S/C19H25F3N4O2/c1-24-8-10-25(11-9-24)17(27)12-16-18(28)23-6-7-26(16)13-14-4-2-3-5-15(14)19(20,21)22/h2-5,16H,6-13H2,1H3,(H,23,28)/t16-/m1/s1. The van der Waals surface area contributed by atoms with E-state index in [2.05, 4.69) is 10.2 Å². The summed E-state index contributed by atoms with van der Waals surface area (Å²) in [6.07, 6.45) is -4.48. The van der Waals surface area contributed by atoms with Crippen molar-refractivity contribution >= 4 is 11.8 Å². The van der Waals surface area contributed by atoms with E-state index < -0.39 is 17.8 Å². The van der Waals surface area contributed by atoms with Crippen LogP contribution in [0.2, 0.25) is 0 Å². The van der Waals surface area contributed by atoms with Crippen LogP contribution in [0.25, 0.3) is 0 Å². The van der Waals surface area contributed by atoms with E-state index in [-0.39, 0.29) is 30.3 Å². The molecule has 3 rings (SSSR count). The molecule has 0 radical (unpaired) electrons. The van der Waals surface area contributed by atoms with Crippen LogP contribution >= 0.6 is 0 Å². The maximum Gasteiger partial charge on any atom is 0.416 e. The fourth-order valence-electron chi connectivity index (χ4n) is 3.68. The van der Waals surface area contributed by atoms with Gasteiger partial charge >= 0.3 is 6.18 Å². The molecule has 6 nitrogen and oxygen atoms in total. The molecular formula is C19H25F3N4O2. The van der Waals surface area contributed by atoms with E-state index in [1.807, 2.05) is 7.05 Å². The van der Waals surface area contributed by atoms with Gasteiger partial charge in [0.2, 0.25) is 11.8 Å². The summed E-state index contributed by atoms with van der Waals surface area (Å²) < 4.78 is 39.9. The molecule has 1 atom stereocenters. The zero-order valence-electron chi connectivity index (χ0n) is 15.8. The molecule has 0 saturated carbocycles. The molecule has 9 heteroatoms. The van der Waals surface area contributed by atoms with Crippen LogP contribution in [0.3, 0.4) is 0 Å². The Morgan fingerprint density at radius 3 is 2.50 bits per heavy atom. The number of rotatable bonds is 4. The highest BCUT2D eigenvalue weighted by Gasteiger charge is 2.37. The van der Waals surface area contributed by atoms with E-state index in [4.69, 9.17) is 0 Å². The Hall–Kier alpha value is -2.13. The Labute approximate surface area is 162 Å². The minimum atomic E-state index is -4.46. The number of nitrogens with one attached hydrogen (secondary N) is 1. The maximum atomic E-state index is 13.3. The Balaban J connectivity index is 1.73. The molecule has 1 aromatic rings. The molecule has 2 aliphatic rings. The minimum absolute atomic E-state index is 0.0240. The summed E-state index contributed by atoms with van der Waals surface area (Å²) in [4.78, 5) is 30.6. The normalized spacial score (nSPS) is 22.2. The predicted molar refractivity (Wildman–Crippen MR) is 97.3 cm³/mol. The molecule has 1 N–H and O–H groups in total. The molecule has 0 aliphatic carbocycles. The van der Waals surface area contributed by atoms with E-state index >= 15 is 0 Å². The number of hydrogen-bond donors (Lipinski definition) is 1. The summed E-state index contributed by atoms with van der Waals surface area (Å²) in [5.41, 5.74) is -0.591. The molecular weight excluding hydrogens is 373 g/mol. The monoisotopic (exact) mass is 398 g/mol. The van der Waals surface area contributed by atoms with Crippen molar-refractivity contribution in [3.8, 4) is 0 Å². The van der Waals surface area contributed by atoms with E-state index in [1.165, 1.54) is 12.1 Å². The number of alkyl halides is 3. The van der Waals surface area contributed by atoms with Crippen molar-refractivity contribution in [1.82, 2.24) is 20.0 Å². The predicted octanol–water partition coefficient (Wildman–Crippen LogP) is 1.17. The molecule has 2 fully saturated rings. The molecule has 0 aromatic heterocycles. The number of piperazine rings is 2. The van der Waals surface area contributed by atoms with Crippen LogP contribution in [-0.4, -0.2) is 78.9 Å². The van der Waals surface area contributed by atoms with Crippen LogP contribution < -0.4 is 5.32 Å². The van der Waals surface area contributed by atoms with Gasteiger partial charge < -0.3 is 15.1 Å². The fourth-order valence-corrected chi connectivity index (χ4v) is 3.68. The second-order valence-corrected chi connectivity index (χ2v) is 7.32. The molecule has 154 valence electrons. The third kappa shape index (κ3) is 4.82. The maximum absolute atomic E-state index is 13.3. The van der Waals surface area contributed by atoms with Gasteiger partial charge in [0.1, 0.15) is 0 Å². The van der Waals surface area contributed by atoms with Gasteiger partial charge in [0, 0.05) is 45.8 Å². The molecule has 1 aromatic carbocycles. The number of carbonyl (C=O) groups excluding carboxylic acids is 2. The van der Waals surface area contributed by atoms with E-state index in [9.17, 15) is 22.8 Å². The van der Waals surface area contributed by atoms with Crippen LogP contribution in [0.4, 0.5) is 13.2 Å². The van der Waals surface area contributed by atoms with Crippen LogP contribution in [0.15, 0.2) is 24.3 Å². The molecule has 2 aliphatic heterocycles. The molecule has 2 amide bonds. The van der Waals surface area contributed by atoms with Crippen molar-refractivity contribution in [2.24, 2.45) is 0 Å². The Morgan fingerprint density at radius 1 is 1.14 bits per heavy atom. The van der Waals surface area contributed by atoms with E-state index in [0.29, 0.717) is 26.2 Å². The molecule has 2 heterocycles.